The van der Waals surface area contributed by atoms with Crippen LogP contribution in [0.25, 0.3) is 10.8 Å². The maximum atomic E-state index is 4.22. The van der Waals surface area contributed by atoms with Crippen LogP contribution in [0.4, 0.5) is 0 Å². The van der Waals surface area contributed by atoms with Crippen LogP contribution >= 0.6 is 0 Å². The van der Waals surface area contributed by atoms with Crippen molar-refractivity contribution in [3.05, 3.63) is 54.4 Å². The molecule has 90 valence electrons. The van der Waals surface area contributed by atoms with Gasteiger partial charge in [-0.15, -0.1) is 0 Å². The molecule has 3 aromatic rings. The lowest BCUT2D eigenvalue weighted by molar-refractivity contribution is 0.654. The highest BCUT2D eigenvalue weighted by Gasteiger charge is 2.17. The normalized spacial score (nSPS) is 12.7. The van der Waals surface area contributed by atoms with Gasteiger partial charge in [-0.3, -0.25) is 10.1 Å². The first kappa shape index (κ1) is 10.9. The van der Waals surface area contributed by atoms with Crippen LogP contribution in [0.3, 0.4) is 0 Å². The monoisotopic (exact) mass is 239 g/mol. The van der Waals surface area contributed by atoms with E-state index in [1.807, 2.05) is 25.4 Å². The summed E-state index contributed by atoms with van der Waals surface area (Å²) in [6.07, 6.45) is 5.20. The summed E-state index contributed by atoms with van der Waals surface area (Å²) in [4.78, 5) is 8.42. The second kappa shape index (κ2) is 4.54. The van der Waals surface area contributed by atoms with Crippen molar-refractivity contribution in [3.63, 3.8) is 0 Å². The van der Waals surface area contributed by atoms with Gasteiger partial charge in [0.15, 0.2) is 0 Å². The molecule has 3 rings (SSSR count). The lowest BCUT2D eigenvalue weighted by atomic mass is 10.00. The highest BCUT2D eigenvalue weighted by atomic mass is 15.2. The van der Waals surface area contributed by atoms with E-state index < -0.39 is 0 Å². The molecule has 18 heavy (non-hydrogen) atoms. The second-order valence-electron chi connectivity index (χ2n) is 4.04. The molecular formula is C13H13N5. The summed E-state index contributed by atoms with van der Waals surface area (Å²) in [5, 5.41) is 12.4. The number of aromatic amines is 1. The fourth-order valence-electron chi connectivity index (χ4n) is 2.18. The van der Waals surface area contributed by atoms with E-state index in [4.69, 9.17) is 0 Å². The lowest BCUT2D eigenvalue weighted by Gasteiger charge is -2.15. The quantitative estimate of drug-likeness (QED) is 0.729. The van der Waals surface area contributed by atoms with Gasteiger partial charge in [0.25, 0.3) is 0 Å². The zero-order chi connectivity index (χ0) is 12.4. The largest absolute Gasteiger partial charge is 0.307 e. The maximum absolute atomic E-state index is 4.22. The highest BCUT2D eigenvalue weighted by molar-refractivity contribution is 5.85. The van der Waals surface area contributed by atoms with E-state index >= 15 is 0 Å². The van der Waals surface area contributed by atoms with Crippen LogP contribution in [-0.2, 0) is 0 Å². The van der Waals surface area contributed by atoms with Gasteiger partial charge in [-0.2, -0.15) is 5.10 Å². The van der Waals surface area contributed by atoms with Crippen molar-refractivity contribution in [1.82, 2.24) is 25.5 Å². The standard InChI is InChI=1S/C13H13N5/c1-14-12(13-16-8-17-18-13)10-4-2-3-9-5-6-15-7-11(9)10/h2-8,12,14H,1H3,(H,16,17,18). The van der Waals surface area contributed by atoms with Gasteiger partial charge in [0, 0.05) is 17.8 Å². The molecule has 0 spiro atoms. The van der Waals surface area contributed by atoms with Gasteiger partial charge in [0.1, 0.15) is 12.2 Å². The Hall–Kier alpha value is -2.27. The van der Waals surface area contributed by atoms with E-state index in [0.717, 1.165) is 16.8 Å². The van der Waals surface area contributed by atoms with Crippen molar-refractivity contribution in [2.75, 3.05) is 7.05 Å². The fraction of sp³-hybridized carbons (Fsp3) is 0.154. The number of hydrogen-bond acceptors (Lipinski definition) is 4. The number of aromatic nitrogens is 4. The highest BCUT2D eigenvalue weighted by Crippen LogP contribution is 2.26. The van der Waals surface area contributed by atoms with Crippen molar-refractivity contribution < 1.29 is 0 Å². The van der Waals surface area contributed by atoms with Gasteiger partial charge >= 0.3 is 0 Å². The molecule has 1 atom stereocenters. The predicted octanol–water partition coefficient (Wildman–Crippen LogP) is 1.66. The molecule has 5 heteroatoms. The van der Waals surface area contributed by atoms with Gasteiger partial charge < -0.3 is 5.32 Å². The molecule has 0 bridgehead atoms. The Kier molecular flexibility index (Phi) is 2.74. The first-order valence-electron chi connectivity index (χ1n) is 5.75. The number of nitrogens with one attached hydrogen (secondary N) is 2. The first-order valence-corrected chi connectivity index (χ1v) is 5.75. The van der Waals surface area contributed by atoms with E-state index in [9.17, 15) is 0 Å². The van der Waals surface area contributed by atoms with Crippen LogP contribution in [-0.4, -0.2) is 27.2 Å². The predicted molar refractivity (Wildman–Crippen MR) is 69.0 cm³/mol. The molecule has 5 nitrogen and oxygen atoms in total. The number of nitrogens with zero attached hydrogens (tertiary/aromatic N) is 3. The number of fused-ring (bicyclic) bond motifs is 1. The lowest BCUT2D eigenvalue weighted by Crippen LogP contribution is -2.19. The SMILES string of the molecule is CNC(c1ncn[nH]1)c1cccc2ccncc12. The van der Waals surface area contributed by atoms with Crippen molar-refractivity contribution >= 4 is 10.8 Å². The molecule has 2 aromatic heterocycles. The maximum Gasteiger partial charge on any atom is 0.145 e. The fourth-order valence-corrected chi connectivity index (χ4v) is 2.18. The smallest absolute Gasteiger partial charge is 0.145 e. The van der Waals surface area contributed by atoms with E-state index in [1.165, 1.54) is 11.7 Å². The summed E-state index contributed by atoms with van der Waals surface area (Å²) in [7, 11) is 1.91. The minimum Gasteiger partial charge on any atom is -0.307 e. The Labute approximate surface area is 104 Å². The molecule has 0 amide bonds. The molecule has 0 aliphatic rings. The van der Waals surface area contributed by atoms with Gasteiger partial charge in [0.2, 0.25) is 0 Å². The van der Waals surface area contributed by atoms with Crippen LogP contribution in [0.5, 0.6) is 0 Å². The first-order chi connectivity index (χ1) is 8.90. The molecule has 0 saturated heterocycles. The Bertz CT molecular complexity index is 642. The van der Waals surface area contributed by atoms with Crippen LogP contribution in [0.2, 0.25) is 0 Å². The molecule has 2 N–H and O–H groups in total. The third kappa shape index (κ3) is 1.74. The van der Waals surface area contributed by atoms with Crippen LogP contribution in [0.1, 0.15) is 17.4 Å². The molecule has 1 aromatic carbocycles. The van der Waals surface area contributed by atoms with E-state index in [0.29, 0.717) is 0 Å². The number of H-pyrrole nitrogens is 1. The summed E-state index contributed by atoms with van der Waals surface area (Å²) in [6, 6.07) is 8.19. The number of hydrogen-bond donors (Lipinski definition) is 2. The van der Waals surface area contributed by atoms with Crippen LogP contribution in [0, 0.1) is 0 Å². The molecule has 1 unspecified atom stereocenters. The van der Waals surface area contributed by atoms with Crippen LogP contribution < -0.4 is 5.32 Å². The summed E-state index contributed by atoms with van der Waals surface area (Å²) in [5.41, 5.74) is 1.14. The molecule has 0 radical (unpaired) electrons. The summed E-state index contributed by atoms with van der Waals surface area (Å²) in [6.45, 7) is 0. The molecule has 0 fully saturated rings. The average Bonchev–Trinajstić information content (AvgIpc) is 2.94. The topological polar surface area (TPSA) is 66.5 Å². The minimum atomic E-state index is -0.0135. The van der Waals surface area contributed by atoms with Crippen molar-refractivity contribution in [2.45, 2.75) is 6.04 Å². The summed E-state index contributed by atoms with van der Waals surface area (Å²) < 4.78 is 0. The molecule has 0 aliphatic heterocycles. The molecule has 0 saturated carbocycles. The average molecular weight is 239 g/mol. The van der Waals surface area contributed by atoms with E-state index in [2.05, 4.69) is 37.6 Å². The molecular weight excluding hydrogens is 226 g/mol. The Balaban J connectivity index is 2.18. The van der Waals surface area contributed by atoms with Crippen molar-refractivity contribution in [2.24, 2.45) is 0 Å². The summed E-state index contributed by atoms with van der Waals surface area (Å²) >= 11 is 0. The Morgan fingerprint density at radius 1 is 1.28 bits per heavy atom. The number of benzene rings is 1. The third-order valence-corrected chi connectivity index (χ3v) is 3.02. The zero-order valence-electron chi connectivity index (χ0n) is 9.96. The Morgan fingerprint density at radius 2 is 2.22 bits per heavy atom. The van der Waals surface area contributed by atoms with Gasteiger partial charge in [0.05, 0.1) is 6.04 Å². The minimum absolute atomic E-state index is 0.0135. The van der Waals surface area contributed by atoms with E-state index in [1.54, 1.807) is 6.20 Å². The second-order valence-corrected chi connectivity index (χ2v) is 4.04. The Morgan fingerprint density at radius 3 is 3.00 bits per heavy atom. The van der Waals surface area contributed by atoms with Crippen LogP contribution in [0.15, 0.2) is 43.0 Å². The van der Waals surface area contributed by atoms with Gasteiger partial charge in [-0.1, -0.05) is 18.2 Å². The zero-order valence-corrected chi connectivity index (χ0v) is 9.96. The van der Waals surface area contributed by atoms with Crippen molar-refractivity contribution in [3.8, 4) is 0 Å². The van der Waals surface area contributed by atoms with Crippen molar-refractivity contribution in [1.29, 1.82) is 0 Å². The third-order valence-electron chi connectivity index (χ3n) is 3.02. The van der Waals surface area contributed by atoms with Gasteiger partial charge in [-0.05, 0) is 24.1 Å². The van der Waals surface area contributed by atoms with Gasteiger partial charge in [-0.25, -0.2) is 4.98 Å². The number of pyridine rings is 1. The molecule has 2 heterocycles. The number of rotatable bonds is 3. The molecule has 0 aliphatic carbocycles. The van der Waals surface area contributed by atoms with E-state index in [-0.39, 0.29) is 6.04 Å². The summed E-state index contributed by atoms with van der Waals surface area (Å²) in [5.74, 6) is 0.800.